The average molecular weight is 353 g/mol. The highest BCUT2D eigenvalue weighted by atomic mass is 32.1. The Morgan fingerprint density at radius 2 is 2.21 bits per heavy atom. The summed E-state index contributed by atoms with van der Waals surface area (Å²) in [5.41, 5.74) is 0.205. The Hall–Kier alpha value is -1.18. The molecule has 2 aliphatic heterocycles. The molecule has 1 amide bonds. The summed E-state index contributed by atoms with van der Waals surface area (Å²) in [6.45, 7) is 4.43. The average Bonchev–Trinajstić information content (AvgIpc) is 3.00. The van der Waals surface area contributed by atoms with Crippen LogP contribution >= 0.6 is 11.3 Å². The molecule has 1 N–H and O–H groups in total. The summed E-state index contributed by atoms with van der Waals surface area (Å²) in [5.74, 6) is 0.199. The highest BCUT2D eigenvalue weighted by molar-refractivity contribution is 7.15. The standard InChI is InChI=1S/C17H28N4O2S/c1-19(2)16-18-10-14(24-16)11-20-7-3-5-17(12-20)6-4-15(23)21(13-17)8-9-22/h10,22H,3-9,11-13H2,1-2H3/t17-/m1/s1. The SMILES string of the molecule is CN(C)c1ncc(CN2CCC[C@@]3(CCC(=O)N(CCO)C3)C2)s1. The fourth-order valence-corrected chi connectivity index (χ4v) is 4.88. The van der Waals surface area contributed by atoms with Crippen molar-refractivity contribution >= 4 is 22.4 Å². The number of β-amino-alcohol motifs (C(OH)–C–C–N with tert-alkyl or cyclic N) is 1. The number of carbonyl (C=O) groups excluding carboxylic acids is 1. The normalized spacial score (nSPS) is 25.5. The third kappa shape index (κ3) is 3.90. The topological polar surface area (TPSA) is 59.9 Å². The molecule has 1 aromatic rings. The molecule has 0 radical (unpaired) electrons. The summed E-state index contributed by atoms with van der Waals surface area (Å²) < 4.78 is 0. The molecular weight excluding hydrogens is 324 g/mol. The fraction of sp³-hybridized carbons (Fsp3) is 0.765. The van der Waals surface area contributed by atoms with Crippen molar-refractivity contribution in [2.75, 3.05) is 51.8 Å². The first-order valence-electron chi connectivity index (χ1n) is 8.74. The molecule has 1 spiro atoms. The molecule has 7 heteroatoms. The molecule has 1 atom stereocenters. The van der Waals surface area contributed by atoms with Gasteiger partial charge in [0.05, 0.1) is 6.61 Å². The molecular formula is C17H28N4O2S. The van der Waals surface area contributed by atoms with Gasteiger partial charge in [0.15, 0.2) is 5.13 Å². The van der Waals surface area contributed by atoms with E-state index in [2.05, 4.69) is 9.88 Å². The van der Waals surface area contributed by atoms with Gasteiger partial charge in [-0.05, 0) is 25.8 Å². The maximum atomic E-state index is 12.0. The highest BCUT2D eigenvalue weighted by Gasteiger charge is 2.41. The molecule has 2 saturated heterocycles. The van der Waals surface area contributed by atoms with Crippen LogP contribution in [0.2, 0.25) is 0 Å². The number of rotatable bonds is 5. The van der Waals surface area contributed by atoms with Gasteiger partial charge in [0.25, 0.3) is 0 Å². The Labute approximate surface area is 148 Å². The second-order valence-corrected chi connectivity index (χ2v) is 8.45. The summed E-state index contributed by atoms with van der Waals surface area (Å²) in [5, 5.41) is 10.3. The summed E-state index contributed by atoms with van der Waals surface area (Å²) in [6.07, 6.45) is 5.96. The number of aliphatic hydroxyl groups is 1. The molecule has 24 heavy (non-hydrogen) atoms. The van der Waals surface area contributed by atoms with Crippen LogP contribution in [-0.2, 0) is 11.3 Å². The minimum Gasteiger partial charge on any atom is -0.395 e. The van der Waals surface area contributed by atoms with Crippen molar-refractivity contribution in [3.8, 4) is 0 Å². The van der Waals surface area contributed by atoms with Gasteiger partial charge in [-0.2, -0.15) is 0 Å². The molecule has 0 saturated carbocycles. The molecule has 6 nitrogen and oxygen atoms in total. The number of amides is 1. The van der Waals surface area contributed by atoms with E-state index in [9.17, 15) is 9.90 Å². The monoisotopic (exact) mass is 352 g/mol. The van der Waals surface area contributed by atoms with Crippen LogP contribution in [0, 0.1) is 5.41 Å². The Morgan fingerprint density at radius 3 is 2.92 bits per heavy atom. The van der Waals surface area contributed by atoms with Crippen LogP contribution in [-0.4, -0.2) is 72.7 Å². The van der Waals surface area contributed by atoms with Crippen molar-refractivity contribution in [2.45, 2.75) is 32.2 Å². The van der Waals surface area contributed by atoms with E-state index in [1.54, 1.807) is 11.3 Å². The number of carbonyl (C=O) groups is 1. The van der Waals surface area contributed by atoms with Gasteiger partial charge >= 0.3 is 0 Å². The largest absolute Gasteiger partial charge is 0.395 e. The highest BCUT2D eigenvalue weighted by Crippen LogP contribution is 2.39. The summed E-state index contributed by atoms with van der Waals surface area (Å²) >= 11 is 1.75. The number of likely N-dealkylation sites (tertiary alicyclic amines) is 2. The lowest BCUT2D eigenvalue weighted by Crippen LogP contribution is -2.54. The molecule has 2 aliphatic rings. The summed E-state index contributed by atoms with van der Waals surface area (Å²) in [4.78, 5) is 24.2. The summed E-state index contributed by atoms with van der Waals surface area (Å²) in [6, 6.07) is 0. The first-order valence-corrected chi connectivity index (χ1v) is 9.56. The molecule has 0 unspecified atom stereocenters. The lowest BCUT2D eigenvalue weighted by molar-refractivity contribution is -0.140. The van der Waals surface area contributed by atoms with Gasteiger partial charge in [-0.25, -0.2) is 4.98 Å². The zero-order valence-electron chi connectivity index (χ0n) is 14.7. The lowest BCUT2D eigenvalue weighted by Gasteiger charge is -2.48. The maximum Gasteiger partial charge on any atom is 0.222 e. The number of thiazole rings is 1. The first-order chi connectivity index (χ1) is 11.5. The van der Waals surface area contributed by atoms with Gasteiger partial charge in [-0.3, -0.25) is 9.69 Å². The van der Waals surface area contributed by atoms with E-state index in [1.807, 2.05) is 30.1 Å². The van der Waals surface area contributed by atoms with Crippen molar-refractivity contribution < 1.29 is 9.90 Å². The van der Waals surface area contributed by atoms with E-state index < -0.39 is 0 Å². The van der Waals surface area contributed by atoms with E-state index in [-0.39, 0.29) is 17.9 Å². The molecule has 3 rings (SSSR count). The van der Waals surface area contributed by atoms with E-state index in [4.69, 9.17) is 0 Å². The number of nitrogens with zero attached hydrogens (tertiary/aromatic N) is 4. The minimum atomic E-state index is 0.0553. The Kier molecular flexibility index (Phi) is 5.42. The van der Waals surface area contributed by atoms with Crippen LogP contribution in [0.3, 0.4) is 0 Å². The van der Waals surface area contributed by atoms with Crippen LogP contribution in [0.25, 0.3) is 0 Å². The van der Waals surface area contributed by atoms with Gasteiger partial charge in [0.2, 0.25) is 5.91 Å². The third-order valence-corrected chi connectivity index (χ3v) is 6.31. The molecule has 134 valence electrons. The molecule has 3 heterocycles. The van der Waals surface area contributed by atoms with Crippen LogP contribution < -0.4 is 4.90 Å². The lowest BCUT2D eigenvalue weighted by atomic mass is 9.73. The van der Waals surface area contributed by atoms with E-state index >= 15 is 0 Å². The molecule has 0 aromatic carbocycles. The van der Waals surface area contributed by atoms with Crippen molar-refractivity contribution in [3.05, 3.63) is 11.1 Å². The van der Waals surface area contributed by atoms with Gasteiger partial charge in [0, 0.05) is 63.2 Å². The zero-order chi connectivity index (χ0) is 17.2. The quantitative estimate of drug-likeness (QED) is 0.868. The second-order valence-electron chi connectivity index (χ2n) is 7.36. The van der Waals surface area contributed by atoms with Gasteiger partial charge < -0.3 is 14.9 Å². The number of aromatic nitrogens is 1. The van der Waals surface area contributed by atoms with Crippen molar-refractivity contribution in [1.29, 1.82) is 0 Å². The Morgan fingerprint density at radius 1 is 1.38 bits per heavy atom. The predicted molar refractivity (Wildman–Crippen MR) is 96.3 cm³/mol. The van der Waals surface area contributed by atoms with Gasteiger partial charge in [-0.1, -0.05) is 0 Å². The van der Waals surface area contributed by atoms with E-state index in [0.717, 1.165) is 37.7 Å². The Balaban J connectivity index is 1.64. The van der Waals surface area contributed by atoms with Gasteiger partial charge in [0.1, 0.15) is 0 Å². The molecule has 0 bridgehead atoms. The predicted octanol–water partition coefficient (Wildman–Crippen LogP) is 1.41. The van der Waals surface area contributed by atoms with Crippen molar-refractivity contribution in [1.82, 2.24) is 14.8 Å². The number of hydrogen-bond donors (Lipinski definition) is 1. The van der Waals surface area contributed by atoms with Crippen LogP contribution in [0.5, 0.6) is 0 Å². The summed E-state index contributed by atoms with van der Waals surface area (Å²) in [7, 11) is 4.04. The maximum absolute atomic E-state index is 12.0. The van der Waals surface area contributed by atoms with E-state index in [1.165, 1.54) is 17.7 Å². The number of piperidine rings is 2. The van der Waals surface area contributed by atoms with Crippen LogP contribution in [0.1, 0.15) is 30.6 Å². The molecule has 0 aliphatic carbocycles. The third-order valence-electron chi connectivity index (χ3n) is 5.16. The van der Waals surface area contributed by atoms with Crippen molar-refractivity contribution in [2.24, 2.45) is 5.41 Å². The number of hydrogen-bond acceptors (Lipinski definition) is 6. The number of aliphatic hydroxyl groups excluding tert-OH is 1. The van der Waals surface area contributed by atoms with E-state index in [0.29, 0.717) is 13.0 Å². The smallest absolute Gasteiger partial charge is 0.222 e. The number of anilines is 1. The second kappa shape index (κ2) is 7.37. The fourth-order valence-electron chi connectivity index (χ4n) is 4.00. The Bertz CT molecular complexity index is 577. The zero-order valence-corrected chi connectivity index (χ0v) is 15.5. The molecule has 1 aromatic heterocycles. The molecule has 2 fully saturated rings. The van der Waals surface area contributed by atoms with Crippen molar-refractivity contribution in [3.63, 3.8) is 0 Å². The minimum absolute atomic E-state index is 0.0553. The van der Waals surface area contributed by atoms with Gasteiger partial charge in [-0.15, -0.1) is 11.3 Å². The van der Waals surface area contributed by atoms with Crippen LogP contribution in [0.15, 0.2) is 6.20 Å². The first kappa shape index (κ1) is 17.6. The van der Waals surface area contributed by atoms with Crippen LogP contribution in [0.4, 0.5) is 5.13 Å².